The van der Waals surface area contributed by atoms with E-state index in [1.54, 1.807) is 12.1 Å². The summed E-state index contributed by atoms with van der Waals surface area (Å²) in [7, 11) is 1.52. The Hall–Kier alpha value is -1.58. The van der Waals surface area contributed by atoms with Crippen LogP contribution in [-0.4, -0.2) is 7.11 Å². The van der Waals surface area contributed by atoms with Crippen LogP contribution in [0.1, 0.15) is 0 Å². The zero-order valence-corrected chi connectivity index (χ0v) is 6.29. The Morgan fingerprint density at radius 1 is 1.18 bits per heavy atom. The predicted molar refractivity (Wildman–Crippen MR) is 46.2 cm³/mol. The summed E-state index contributed by atoms with van der Waals surface area (Å²) in [4.78, 5) is 0. The van der Waals surface area contributed by atoms with Crippen LogP contribution in [0.25, 0.3) is 0 Å². The second kappa shape index (κ2) is 2.57. The largest absolute Gasteiger partial charge is 0.494 e. The fourth-order valence-electron chi connectivity index (χ4n) is 0.839. The number of nitrogen functional groups attached to an aromatic ring is 3. The number of benzene rings is 1. The molecule has 0 heterocycles. The van der Waals surface area contributed by atoms with Gasteiger partial charge < -0.3 is 21.9 Å². The average Bonchev–Trinajstić information content (AvgIpc) is 1.96. The maximum atomic E-state index is 5.56. The number of methoxy groups -OCH3 is 1. The van der Waals surface area contributed by atoms with Crippen LogP contribution < -0.4 is 21.9 Å². The first-order chi connectivity index (χ1) is 5.15. The number of anilines is 3. The first-order valence-corrected chi connectivity index (χ1v) is 3.13. The number of ether oxygens (including phenoxy) is 1. The van der Waals surface area contributed by atoms with Crippen molar-refractivity contribution in [1.29, 1.82) is 0 Å². The Morgan fingerprint density at radius 2 is 1.82 bits per heavy atom. The summed E-state index contributed by atoms with van der Waals surface area (Å²) in [6.45, 7) is 0. The lowest BCUT2D eigenvalue weighted by Crippen LogP contribution is -1.99. The van der Waals surface area contributed by atoms with Crippen LogP contribution in [0.4, 0.5) is 17.1 Å². The highest BCUT2D eigenvalue weighted by Crippen LogP contribution is 2.29. The van der Waals surface area contributed by atoms with Crippen molar-refractivity contribution in [2.45, 2.75) is 0 Å². The quantitative estimate of drug-likeness (QED) is 0.511. The van der Waals surface area contributed by atoms with Gasteiger partial charge in [0.05, 0.1) is 18.5 Å². The summed E-state index contributed by atoms with van der Waals surface area (Å²) in [5.41, 5.74) is 18.0. The molecule has 1 aromatic rings. The highest BCUT2D eigenvalue weighted by Gasteiger charge is 2.03. The van der Waals surface area contributed by atoms with E-state index in [1.807, 2.05) is 0 Å². The van der Waals surface area contributed by atoms with Crippen molar-refractivity contribution in [3.8, 4) is 5.75 Å². The molecule has 1 rings (SSSR count). The van der Waals surface area contributed by atoms with Crippen molar-refractivity contribution >= 4 is 17.1 Å². The Balaban J connectivity index is 3.24. The average molecular weight is 153 g/mol. The molecule has 0 aliphatic rings. The molecule has 0 bridgehead atoms. The van der Waals surface area contributed by atoms with Crippen LogP contribution in [-0.2, 0) is 0 Å². The molecule has 0 spiro atoms. The molecule has 60 valence electrons. The molecule has 4 nitrogen and oxygen atoms in total. The number of hydrogen-bond acceptors (Lipinski definition) is 4. The minimum absolute atomic E-state index is 0.432. The van der Waals surface area contributed by atoms with Crippen molar-refractivity contribution in [2.75, 3.05) is 24.3 Å². The number of nitrogens with two attached hydrogens (primary N) is 3. The second-order valence-electron chi connectivity index (χ2n) is 2.23. The van der Waals surface area contributed by atoms with Crippen LogP contribution >= 0.6 is 0 Å². The van der Waals surface area contributed by atoms with Crippen LogP contribution in [0.2, 0.25) is 0 Å². The van der Waals surface area contributed by atoms with Gasteiger partial charge in [-0.15, -0.1) is 0 Å². The van der Waals surface area contributed by atoms with Crippen LogP contribution in [0.5, 0.6) is 5.75 Å². The molecule has 0 saturated carbocycles. The lowest BCUT2D eigenvalue weighted by atomic mass is 10.2. The molecule has 0 radical (unpaired) electrons. The lowest BCUT2D eigenvalue weighted by Gasteiger charge is -2.07. The molecule has 6 N–H and O–H groups in total. The van der Waals surface area contributed by atoms with E-state index in [-0.39, 0.29) is 0 Å². The number of rotatable bonds is 1. The van der Waals surface area contributed by atoms with E-state index in [9.17, 15) is 0 Å². The SMILES string of the molecule is COc1cc(N)cc(N)c1N. The van der Waals surface area contributed by atoms with E-state index in [1.165, 1.54) is 7.11 Å². The van der Waals surface area contributed by atoms with Gasteiger partial charge >= 0.3 is 0 Å². The molecule has 0 saturated heterocycles. The first-order valence-electron chi connectivity index (χ1n) is 3.13. The molecule has 11 heavy (non-hydrogen) atoms. The molecule has 0 amide bonds. The van der Waals surface area contributed by atoms with Crippen LogP contribution in [0.3, 0.4) is 0 Å². The summed E-state index contributed by atoms with van der Waals surface area (Å²) < 4.78 is 4.92. The molecule has 4 heteroatoms. The smallest absolute Gasteiger partial charge is 0.145 e. The topological polar surface area (TPSA) is 87.3 Å². The molecular weight excluding hydrogens is 142 g/mol. The van der Waals surface area contributed by atoms with E-state index in [0.29, 0.717) is 22.8 Å². The third-order valence-corrected chi connectivity index (χ3v) is 1.42. The van der Waals surface area contributed by atoms with Gasteiger partial charge in [0.2, 0.25) is 0 Å². The maximum Gasteiger partial charge on any atom is 0.145 e. The van der Waals surface area contributed by atoms with Crippen LogP contribution in [0, 0.1) is 0 Å². The zero-order valence-electron chi connectivity index (χ0n) is 6.29. The monoisotopic (exact) mass is 153 g/mol. The fourth-order valence-corrected chi connectivity index (χ4v) is 0.839. The molecule has 0 fully saturated rings. The number of hydrogen-bond donors (Lipinski definition) is 3. The molecule has 1 aromatic carbocycles. The summed E-state index contributed by atoms with van der Waals surface area (Å²) in [5, 5.41) is 0. The van der Waals surface area contributed by atoms with E-state index < -0.39 is 0 Å². The Kier molecular flexibility index (Phi) is 1.76. The van der Waals surface area contributed by atoms with E-state index in [2.05, 4.69) is 0 Å². The lowest BCUT2D eigenvalue weighted by molar-refractivity contribution is 0.417. The minimum atomic E-state index is 0.432. The van der Waals surface area contributed by atoms with E-state index in [4.69, 9.17) is 21.9 Å². The van der Waals surface area contributed by atoms with Crippen molar-refractivity contribution < 1.29 is 4.74 Å². The van der Waals surface area contributed by atoms with Crippen LogP contribution in [0.15, 0.2) is 12.1 Å². The van der Waals surface area contributed by atoms with Crippen molar-refractivity contribution in [3.05, 3.63) is 12.1 Å². The molecule has 0 aliphatic carbocycles. The van der Waals surface area contributed by atoms with Crippen molar-refractivity contribution in [1.82, 2.24) is 0 Å². The third kappa shape index (κ3) is 1.29. The molecule has 0 aliphatic heterocycles. The van der Waals surface area contributed by atoms with Gasteiger partial charge in [0, 0.05) is 11.8 Å². The van der Waals surface area contributed by atoms with Gasteiger partial charge in [0.15, 0.2) is 0 Å². The van der Waals surface area contributed by atoms with Gasteiger partial charge in [-0.25, -0.2) is 0 Å². The Bertz CT molecular complexity index is 273. The summed E-state index contributed by atoms with van der Waals surface area (Å²) >= 11 is 0. The molecule has 0 atom stereocenters. The molecule has 0 unspecified atom stereocenters. The highest BCUT2D eigenvalue weighted by atomic mass is 16.5. The molecule has 0 aromatic heterocycles. The van der Waals surface area contributed by atoms with Gasteiger partial charge in [0.1, 0.15) is 5.75 Å². The molecular formula is C7H11N3O. The Morgan fingerprint density at radius 3 is 2.36 bits per heavy atom. The fraction of sp³-hybridized carbons (Fsp3) is 0.143. The maximum absolute atomic E-state index is 5.56. The first kappa shape index (κ1) is 7.53. The van der Waals surface area contributed by atoms with E-state index in [0.717, 1.165) is 0 Å². The standard InChI is InChI=1S/C7H11N3O/c1-11-6-3-4(8)2-5(9)7(6)10/h2-3H,8-10H2,1H3. The van der Waals surface area contributed by atoms with Gasteiger partial charge in [-0.2, -0.15) is 0 Å². The second-order valence-corrected chi connectivity index (χ2v) is 2.23. The Labute approximate surface area is 64.9 Å². The van der Waals surface area contributed by atoms with E-state index >= 15 is 0 Å². The summed E-state index contributed by atoms with van der Waals surface area (Å²) in [5.74, 6) is 0.516. The predicted octanol–water partition coefficient (Wildman–Crippen LogP) is 0.442. The zero-order chi connectivity index (χ0) is 8.43. The van der Waals surface area contributed by atoms with Crippen molar-refractivity contribution in [2.24, 2.45) is 0 Å². The third-order valence-electron chi connectivity index (χ3n) is 1.42. The van der Waals surface area contributed by atoms with Gasteiger partial charge in [-0.1, -0.05) is 0 Å². The normalized spacial score (nSPS) is 9.55. The van der Waals surface area contributed by atoms with Gasteiger partial charge in [-0.3, -0.25) is 0 Å². The summed E-state index contributed by atoms with van der Waals surface area (Å²) in [6, 6.07) is 3.23. The highest BCUT2D eigenvalue weighted by molar-refractivity contribution is 5.75. The van der Waals surface area contributed by atoms with Gasteiger partial charge in [-0.05, 0) is 6.07 Å². The minimum Gasteiger partial charge on any atom is -0.494 e. The summed E-state index contributed by atoms with van der Waals surface area (Å²) in [6.07, 6.45) is 0. The van der Waals surface area contributed by atoms with Crippen molar-refractivity contribution in [3.63, 3.8) is 0 Å². The van der Waals surface area contributed by atoms with Gasteiger partial charge in [0.25, 0.3) is 0 Å².